The van der Waals surface area contributed by atoms with Crippen molar-refractivity contribution < 1.29 is 47.7 Å². The van der Waals surface area contributed by atoms with Crippen LogP contribution < -0.4 is 9.47 Å². The van der Waals surface area contributed by atoms with Crippen molar-refractivity contribution >= 4 is 40.6 Å². The SMILES string of the molecule is CCCc1ccc(C(=O)OC2CCC(CCC(=O)Oc3ccc4cc(OC(=O)CCC5CCC(OC(=O)c6ccc(CCC)cc6)CC5)c(C(=O)OC)cc4c3)CC2)cc1. The second kappa shape index (κ2) is 21.7. The Labute approximate surface area is 353 Å². The van der Waals surface area contributed by atoms with Crippen LogP contribution in [0.3, 0.4) is 0 Å². The summed E-state index contributed by atoms with van der Waals surface area (Å²) in [6.45, 7) is 4.25. The first-order valence-electron chi connectivity index (χ1n) is 21.8. The molecule has 10 nitrogen and oxygen atoms in total. The average molecular weight is 819 g/mol. The average Bonchev–Trinajstić information content (AvgIpc) is 3.26. The van der Waals surface area contributed by atoms with E-state index in [1.165, 1.54) is 18.2 Å². The van der Waals surface area contributed by atoms with Gasteiger partial charge in [-0.25, -0.2) is 14.4 Å². The van der Waals surface area contributed by atoms with Crippen LogP contribution in [0.4, 0.5) is 0 Å². The molecule has 4 aromatic rings. The molecule has 318 valence electrons. The van der Waals surface area contributed by atoms with Crippen LogP contribution in [0.2, 0.25) is 0 Å². The lowest BCUT2D eigenvalue weighted by molar-refractivity contribution is -0.135. The van der Waals surface area contributed by atoms with E-state index in [1.807, 2.05) is 48.5 Å². The molecule has 2 aliphatic rings. The highest BCUT2D eigenvalue weighted by Gasteiger charge is 2.27. The first-order valence-corrected chi connectivity index (χ1v) is 21.8. The van der Waals surface area contributed by atoms with Gasteiger partial charge in [0.15, 0.2) is 0 Å². The van der Waals surface area contributed by atoms with Crippen LogP contribution in [0.15, 0.2) is 78.9 Å². The quantitative estimate of drug-likeness (QED) is 0.0576. The highest BCUT2D eigenvalue weighted by Crippen LogP contribution is 2.34. The number of carbonyl (C=O) groups excluding carboxylic acids is 5. The van der Waals surface area contributed by atoms with Crippen LogP contribution in [-0.2, 0) is 36.6 Å². The fourth-order valence-electron chi connectivity index (χ4n) is 8.38. The van der Waals surface area contributed by atoms with Gasteiger partial charge in [-0.1, -0.05) is 57.0 Å². The molecule has 0 amide bonds. The molecule has 0 aliphatic heterocycles. The summed E-state index contributed by atoms with van der Waals surface area (Å²) in [6, 6.07) is 23.6. The van der Waals surface area contributed by atoms with E-state index in [1.54, 1.807) is 30.3 Å². The highest BCUT2D eigenvalue weighted by molar-refractivity contribution is 6.00. The lowest BCUT2D eigenvalue weighted by Gasteiger charge is -2.28. The van der Waals surface area contributed by atoms with E-state index in [-0.39, 0.29) is 54.3 Å². The lowest BCUT2D eigenvalue weighted by atomic mass is 9.84. The number of ether oxygens (including phenoxy) is 5. The first-order chi connectivity index (χ1) is 29.1. The maximum Gasteiger partial charge on any atom is 0.341 e. The fraction of sp³-hybridized carbons (Fsp3) is 0.460. The summed E-state index contributed by atoms with van der Waals surface area (Å²) < 4.78 is 28.0. The molecule has 0 bridgehead atoms. The largest absolute Gasteiger partial charge is 0.465 e. The van der Waals surface area contributed by atoms with Crippen LogP contribution in [0.1, 0.15) is 146 Å². The summed E-state index contributed by atoms with van der Waals surface area (Å²) in [5.74, 6) is -0.961. The minimum absolute atomic E-state index is 0.0929. The highest BCUT2D eigenvalue weighted by atomic mass is 16.6. The van der Waals surface area contributed by atoms with Crippen molar-refractivity contribution in [3.05, 3.63) is 107 Å². The van der Waals surface area contributed by atoms with E-state index < -0.39 is 11.9 Å². The van der Waals surface area contributed by atoms with Crippen molar-refractivity contribution in [3.8, 4) is 11.5 Å². The number of benzene rings is 4. The third kappa shape index (κ3) is 12.5. The Balaban J connectivity index is 0.933. The second-order valence-corrected chi connectivity index (χ2v) is 16.4. The zero-order valence-corrected chi connectivity index (χ0v) is 35.2. The van der Waals surface area contributed by atoms with Crippen molar-refractivity contribution in [1.29, 1.82) is 0 Å². The second-order valence-electron chi connectivity index (χ2n) is 16.4. The van der Waals surface area contributed by atoms with Gasteiger partial charge in [-0.15, -0.1) is 0 Å². The molecule has 0 unspecified atom stereocenters. The van der Waals surface area contributed by atoms with Crippen molar-refractivity contribution in [2.75, 3.05) is 7.11 Å². The van der Waals surface area contributed by atoms with Gasteiger partial charge >= 0.3 is 29.8 Å². The molecule has 4 aromatic carbocycles. The normalized spacial score (nSPS) is 18.9. The lowest BCUT2D eigenvalue weighted by Crippen LogP contribution is -2.25. The van der Waals surface area contributed by atoms with Gasteiger partial charge < -0.3 is 23.7 Å². The monoisotopic (exact) mass is 818 g/mol. The van der Waals surface area contributed by atoms with Crippen LogP contribution in [-0.4, -0.2) is 49.2 Å². The van der Waals surface area contributed by atoms with E-state index in [2.05, 4.69) is 13.8 Å². The van der Waals surface area contributed by atoms with Crippen LogP contribution in [0, 0.1) is 11.8 Å². The van der Waals surface area contributed by atoms with E-state index in [9.17, 15) is 24.0 Å². The molecule has 2 aliphatic carbocycles. The van der Waals surface area contributed by atoms with Gasteiger partial charge in [-0.05, 0) is 159 Å². The van der Waals surface area contributed by atoms with Crippen LogP contribution >= 0.6 is 0 Å². The number of hydrogen-bond donors (Lipinski definition) is 0. The summed E-state index contributed by atoms with van der Waals surface area (Å²) in [5, 5.41) is 1.32. The van der Waals surface area contributed by atoms with Gasteiger partial charge in [-0.3, -0.25) is 9.59 Å². The summed E-state index contributed by atoms with van der Waals surface area (Å²) >= 11 is 0. The Morgan fingerprint density at radius 3 is 1.48 bits per heavy atom. The van der Waals surface area contributed by atoms with E-state index >= 15 is 0 Å². The van der Waals surface area contributed by atoms with Crippen LogP contribution in [0.25, 0.3) is 10.8 Å². The predicted octanol–water partition coefficient (Wildman–Crippen LogP) is 10.7. The minimum Gasteiger partial charge on any atom is -0.465 e. The first kappa shape index (κ1) is 44.1. The van der Waals surface area contributed by atoms with Gasteiger partial charge in [0.25, 0.3) is 0 Å². The molecule has 0 N–H and O–H groups in total. The molecule has 0 atom stereocenters. The maximum absolute atomic E-state index is 13.1. The number of carbonyl (C=O) groups is 5. The molecule has 10 heteroatoms. The third-order valence-corrected chi connectivity index (χ3v) is 11.9. The Hall–Kier alpha value is -5.51. The summed E-state index contributed by atoms with van der Waals surface area (Å²) in [4.78, 5) is 64.1. The predicted molar refractivity (Wildman–Crippen MR) is 228 cm³/mol. The van der Waals surface area contributed by atoms with Gasteiger partial charge in [0, 0.05) is 12.8 Å². The molecule has 0 heterocycles. The molecular formula is C50H58O10. The smallest absolute Gasteiger partial charge is 0.341 e. The molecule has 0 spiro atoms. The van der Waals surface area contributed by atoms with Crippen LogP contribution in [0.5, 0.6) is 11.5 Å². The molecule has 2 fully saturated rings. The van der Waals surface area contributed by atoms with E-state index in [0.717, 1.165) is 77.0 Å². The molecule has 6 rings (SSSR count). The molecule has 0 aromatic heterocycles. The van der Waals surface area contributed by atoms with E-state index in [4.69, 9.17) is 23.7 Å². The topological polar surface area (TPSA) is 132 Å². The zero-order chi connectivity index (χ0) is 42.4. The Morgan fingerprint density at radius 1 is 0.533 bits per heavy atom. The number of esters is 5. The third-order valence-electron chi connectivity index (χ3n) is 11.9. The number of hydrogen-bond acceptors (Lipinski definition) is 10. The van der Waals surface area contributed by atoms with Crippen molar-refractivity contribution in [2.24, 2.45) is 11.8 Å². The van der Waals surface area contributed by atoms with E-state index in [0.29, 0.717) is 52.3 Å². The Bertz CT molecular complexity index is 2090. The number of aryl methyl sites for hydroxylation is 2. The number of rotatable bonds is 17. The fourth-order valence-corrected chi connectivity index (χ4v) is 8.38. The standard InChI is InChI=1S/C50H58O10/c1-4-6-33-8-18-37(19-9-33)48(53)58-41-23-12-35(13-24-41)16-28-46(51)57-43-27-22-39-32-45(44(50(55)56-3)31-40(39)30-43)60-47(52)29-17-36-14-25-42(26-15-36)59-49(54)38-20-10-34(7-5-2)11-21-38/h8-11,18-22,27,30-32,35-36,41-42H,4-7,12-17,23-26,28-29H2,1-3H3. The minimum atomic E-state index is -0.655. The summed E-state index contributed by atoms with van der Waals surface area (Å²) in [5.41, 5.74) is 3.64. The zero-order valence-electron chi connectivity index (χ0n) is 35.2. The molecule has 0 radical (unpaired) electrons. The van der Waals surface area contributed by atoms with Gasteiger partial charge in [0.05, 0.1) is 18.2 Å². The van der Waals surface area contributed by atoms with Gasteiger partial charge in [0.1, 0.15) is 29.3 Å². The number of fused-ring (bicyclic) bond motifs is 1. The molecular weight excluding hydrogens is 761 g/mol. The van der Waals surface area contributed by atoms with Crippen molar-refractivity contribution in [1.82, 2.24) is 0 Å². The van der Waals surface area contributed by atoms with Crippen molar-refractivity contribution in [3.63, 3.8) is 0 Å². The molecule has 2 saturated carbocycles. The Kier molecular flexibility index (Phi) is 15.9. The summed E-state index contributed by atoms with van der Waals surface area (Å²) in [7, 11) is 1.26. The molecule has 60 heavy (non-hydrogen) atoms. The Morgan fingerprint density at radius 2 is 1.02 bits per heavy atom. The molecule has 0 saturated heterocycles. The summed E-state index contributed by atoms with van der Waals surface area (Å²) in [6.07, 6.45) is 12.0. The van der Waals surface area contributed by atoms with Crippen molar-refractivity contribution in [2.45, 2.75) is 129 Å². The van der Waals surface area contributed by atoms with Gasteiger partial charge in [0.2, 0.25) is 0 Å². The maximum atomic E-state index is 13.1. The van der Waals surface area contributed by atoms with Gasteiger partial charge in [-0.2, -0.15) is 0 Å². The number of methoxy groups -OCH3 is 1.